The highest BCUT2D eigenvalue weighted by Gasteiger charge is 2.18. The fraction of sp³-hybridized carbons (Fsp3) is 0.292. The molecule has 9 heteroatoms. The molecule has 2 N–H and O–H groups in total. The molecular formula is C24H26N8O. The van der Waals surface area contributed by atoms with Crippen molar-refractivity contribution < 1.29 is 4.79 Å². The maximum Gasteiger partial charge on any atom is 0.244 e. The van der Waals surface area contributed by atoms with Gasteiger partial charge in [0.1, 0.15) is 6.54 Å². The van der Waals surface area contributed by atoms with Crippen LogP contribution in [0, 0.1) is 0 Å². The molecule has 5 rings (SSSR count). The quantitative estimate of drug-likeness (QED) is 0.471. The van der Waals surface area contributed by atoms with Crippen molar-refractivity contribution in [1.82, 2.24) is 34.4 Å². The second-order valence-electron chi connectivity index (χ2n) is 8.17. The summed E-state index contributed by atoms with van der Waals surface area (Å²) < 4.78 is 3.52. The summed E-state index contributed by atoms with van der Waals surface area (Å²) in [6.45, 7) is 3.19. The van der Waals surface area contributed by atoms with Gasteiger partial charge in [0, 0.05) is 66.7 Å². The maximum absolute atomic E-state index is 12.4. The Kier molecular flexibility index (Phi) is 5.95. The molecule has 0 aliphatic carbocycles. The Morgan fingerprint density at radius 1 is 0.848 bits per heavy atom. The second kappa shape index (κ2) is 9.33. The zero-order valence-corrected chi connectivity index (χ0v) is 18.3. The van der Waals surface area contributed by atoms with E-state index in [-0.39, 0.29) is 12.5 Å². The van der Waals surface area contributed by atoms with Gasteiger partial charge in [-0.05, 0) is 24.5 Å². The number of hydrogen-bond donors (Lipinski definition) is 1. The molecule has 9 nitrogen and oxygen atoms in total. The zero-order valence-electron chi connectivity index (χ0n) is 18.3. The third kappa shape index (κ3) is 4.68. The van der Waals surface area contributed by atoms with Gasteiger partial charge in [0.2, 0.25) is 5.91 Å². The highest BCUT2D eigenvalue weighted by Crippen LogP contribution is 2.25. The van der Waals surface area contributed by atoms with Gasteiger partial charge in [-0.3, -0.25) is 14.2 Å². The highest BCUT2D eigenvalue weighted by atomic mass is 16.2. The summed E-state index contributed by atoms with van der Waals surface area (Å²) in [4.78, 5) is 23.4. The number of carbonyl (C=O) groups excluding carboxylic acids is 1. The first-order valence-corrected chi connectivity index (χ1v) is 11.2. The first kappa shape index (κ1) is 21.0. The van der Waals surface area contributed by atoms with Crippen LogP contribution in [0.3, 0.4) is 0 Å². The first-order valence-electron chi connectivity index (χ1n) is 11.2. The van der Waals surface area contributed by atoms with Crippen molar-refractivity contribution in [1.29, 1.82) is 0 Å². The number of carbonyl (C=O) groups is 1. The molecule has 1 aliphatic rings. The number of nitrogens with two attached hydrogens (primary N) is 1. The summed E-state index contributed by atoms with van der Waals surface area (Å²) in [5, 5.41) is 8.69. The molecule has 1 amide bonds. The Balaban J connectivity index is 1.30. The van der Waals surface area contributed by atoms with Crippen molar-refractivity contribution in [3.8, 4) is 33.6 Å². The van der Waals surface area contributed by atoms with E-state index in [4.69, 9.17) is 5.73 Å². The van der Waals surface area contributed by atoms with Crippen molar-refractivity contribution in [2.24, 2.45) is 5.73 Å². The van der Waals surface area contributed by atoms with Crippen LogP contribution >= 0.6 is 0 Å². The minimum atomic E-state index is 0.113. The minimum Gasteiger partial charge on any atom is -0.341 e. The van der Waals surface area contributed by atoms with Gasteiger partial charge in [0.15, 0.2) is 5.82 Å². The molecule has 33 heavy (non-hydrogen) atoms. The van der Waals surface area contributed by atoms with Crippen LogP contribution in [-0.4, -0.2) is 60.0 Å². The molecule has 0 radical (unpaired) electrons. The lowest BCUT2D eigenvalue weighted by Gasteiger charge is -2.14. The van der Waals surface area contributed by atoms with E-state index in [9.17, 15) is 4.79 Å². The van der Waals surface area contributed by atoms with E-state index in [1.165, 1.54) is 0 Å². The van der Waals surface area contributed by atoms with Crippen LogP contribution in [-0.2, 0) is 17.9 Å². The average molecular weight is 443 g/mol. The van der Waals surface area contributed by atoms with Crippen LogP contribution in [0.15, 0.2) is 61.4 Å². The number of amides is 1. The molecule has 1 saturated heterocycles. The molecule has 4 aromatic rings. The van der Waals surface area contributed by atoms with Gasteiger partial charge in [0.05, 0.1) is 18.9 Å². The van der Waals surface area contributed by atoms with Gasteiger partial charge >= 0.3 is 0 Å². The molecule has 0 unspecified atom stereocenters. The molecule has 0 bridgehead atoms. The fourth-order valence-corrected chi connectivity index (χ4v) is 4.04. The predicted octanol–water partition coefficient (Wildman–Crippen LogP) is 2.45. The number of likely N-dealkylation sites (tertiary alicyclic amines) is 1. The molecular weight excluding hydrogens is 416 g/mol. The van der Waals surface area contributed by atoms with Gasteiger partial charge in [-0.25, -0.2) is 9.97 Å². The van der Waals surface area contributed by atoms with Gasteiger partial charge < -0.3 is 10.6 Å². The number of rotatable bonds is 7. The van der Waals surface area contributed by atoms with E-state index in [0.717, 1.165) is 53.7 Å². The second-order valence-corrected chi connectivity index (χ2v) is 8.17. The number of hydrogen-bond acceptors (Lipinski definition) is 6. The van der Waals surface area contributed by atoms with Gasteiger partial charge in [0.25, 0.3) is 0 Å². The van der Waals surface area contributed by atoms with Crippen molar-refractivity contribution in [3.63, 3.8) is 0 Å². The summed E-state index contributed by atoms with van der Waals surface area (Å²) in [5.41, 5.74) is 10.4. The monoisotopic (exact) mass is 442 g/mol. The minimum absolute atomic E-state index is 0.113. The van der Waals surface area contributed by atoms with E-state index in [1.807, 2.05) is 46.4 Å². The maximum atomic E-state index is 12.4. The third-order valence-electron chi connectivity index (χ3n) is 5.82. The Hall–Kier alpha value is -3.85. The smallest absolute Gasteiger partial charge is 0.244 e. The molecule has 168 valence electrons. The number of nitrogens with zero attached hydrogens (tertiary/aromatic N) is 7. The molecule has 0 atom stereocenters. The van der Waals surface area contributed by atoms with Crippen LogP contribution in [0.2, 0.25) is 0 Å². The molecule has 0 saturated carbocycles. The molecule has 0 spiro atoms. The van der Waals surface area contributed by atoms with Crippen molar-refractivity contribution in [2.75, 3.05) is 19.6 Å². The highest BCUT2D eigenvalue weighted by molar-refractivity contribution is 5.76. The Morgan fingerprint density at radius 2 is 1.52 bits per heavy atom. The first-order chi connectivity index (χ1) is 16.2. The topological polar surface area (TPSA) is 108 Å². The summed E-state index contributed by atoms with van der Waals surface area (Å²) in [7, 11) is 0. The summed E-state index contributed by atoms with van der Waals surface area (Å²) >= 11 is 0. The van der Waals surface area contributed by atoms with E-state index < -0.39 is 0 Å². The van der Waals surface area contributed by atoms with Crippen LogP contribution in [0.25, 0.3) is 33.6 Å². The molecule has 4 heterocycles. The zero-order chi connectivity index (χ0) is 22.6. The Labute approximate surface area is 191 Å². The standard InChI is InChI=1S/C24H26N8O/c25-6-9-31-15-21(13-28-31)18-4-3-5-19(10-18)24-26-11-20(12-27-24)22-14-29-32(16-22)17-23(33)30-7-1-2-8-30/h3-5,10-16H,1-2,6-9,17,25H2. The van der Waals surface area contributed by atoms with E-state index in [1.54, 1.807) is 23.3 Å². The predicted molar refractivity (Wildman–Crippen MR) is 125 cm³/mol. The fourth-order valence-electron chi connectivity index (χ4n) is 4.04. The van der Waals surface area contributed by atoms with Crippen LogP contribution < -0.4 is 5.73 Å². The Morgan fingerprint density at radius 3 is 2.27 bits per heavy atom. The summed E-state index contributed by atoms with van der Waals surface area (Å²) in [5.74, 6) is 0.758. The summed E-state index contributed by atoms with van der Waals surface area (Å²) in [6, 6.07) is 8.08. The normalized spacial score (nSPS) is 13.5. The largest absolute Gasteiger partial charge is 0.341 e. The van der Waals surface area contributed by atoms with Gasteiger partial charge in [-0.1, -0.05) is 18.2 Å². The number of aromatic nitrogens is 6. The van der Waals surface area contributed by atoms with Gasteiger partial charge in [-0.2, -0.15) is 10.2 Å². The summed E-state index contributed by atoms with van der Waals surface area (Å²) in [6.07, 6.45) is 13.2. The van der Waals surface area contributed by atoms with Crippen molar-refractivity contribution in [3.05, 3.63) is 61.4 Å². The van der Waals surface area contributed by atoms with Crippen LogP contribution in [0.5, 0.6) is 0 Å². The SMILES string of the molecule is NCCn1cc(-c2cccc(-c3ncc(-c4cnn(CC(=O)N5CCCC5)c4)cn3)c2)cn1. The van der Waals surface area contributed by atoms with Gasteiger partial charge in [-0.15, -0.1) is 0 Å². The lowest BCUT2D eigenvalue weighted by atomic mass is 10.1. The van der Waals surface area contributed by atoms with E-state index in [2.05, 4.69) is 26.2 Å². The third-order valence-corrected chi connectivity index (χ3v) is 5.82. The van der Waals surface area contributed by atoms with Crippen LogP contribution in [0.1, 0.15) is 12.8 Å². The van der Waals surface area contributed by atoms with Crippen molar-refractivity contribution in [2.45, 2.75) is 25.9 Å². The van der Waals surface area contributed by atoms with Crippen molar-refractivity contribution >= 4 is 5.91 Å². The molecule has 1 fully saturated rings. The van der Waals surface area contributed by atoms with E-state index in [0.29, 0.717) is 18.9 Å². The molecule has 1 aliphatic heterocycles. The molecule has 1 aromatic carbocycles. The lowest BCUT2D eigenvalue weighted by Crippen LogP contribution is -2.31. The molecule has 3 aromatic heterocycles. The Bertz CT molecular complexity index is 1240. The van der Waals surface area contributed by atoms with E-state index >= 15 is 0 Å². The number of benzene rings is 1. The lowest BCUT2D eigenvalue weighted by molar-refractivity contribution is -0.130. The van der Waals surface area contributed by atoms with Crippen LogP contribution in [0.4, 0.5) is 0 Å². The average Bonchev–Trinajstić information content (AvgIpc) is 3.62.